The second-order valence-electron chi connectivity index (χ2n) is 10.1. The fourth-order valence-corrected chi connectivity index (χ4v) is 7.03. The van der Waals surface area contributed by atoms with Crippen molar-refractivity contribution in [2.75, 3.05) is 5.32 Å². The van der Waals surface area contributed by atoms with Gasteiger partial charge in [-0.05, 0) is 65.8 Å². The van der Waals surface area contributed by atoms with E-state index >= 15 is 0 Å². The zero-order valence-electron chi connectivity index (χ0n) is 19.0. The van der Waals surface area contributed by atoms with E-state index in [9.17, 15) is 14.4 Å². The number of aryl methyl sites for hydroxylation is 1. The molecule has 0 aromatic heterocycles. The van der Waals surface area contributed by atoms with Crippen LogP contribution in [0.1, 0.15) is 24.5 Å². The Labute approximate surface area is 207 Å². The van der Waals surface area contributed by atoms with Gasteiger partial charge in [0.2, 0.25) is 17.7 Å². The van der Waals surface area contributed by atoms with Gasteiger partial charge in [-0.1, -0.05) is 65.3 Å². The van der Waals surface area contributed by atoms with Crippen LogP contribution in [0.15, 0.2) is 65.2 Å². The number of hydrogen-bond acceptors (Lipinski definition) is 3. The summed E-state index contributed by atoms with van der Waals surface area (Å²) >= 11 is 3.49. The maximum absolute atomic E-state index is 13.7. The van der Waals surface area contributed by atoms with E-state index in [1.807, 2.05) is 55.5 Å². The van der Waals surface area contributed by atoms with Crippen LogP contribution in [0.25, 0.3) is 0 Å². The van der Waals surface area contributed by atoms with E-state index in [0.717, 1.165) is 28.4 Å². The highest BCUT2D eigenvalue weighted by Gasteiger charge is 2.67. The molecule has 1 aliphatic heterocycles. The molecule has 0 radical (unpaired) electrons. The zero-order chi connectivity index (χ0) is 23.6. The molecule has 3 fully saturated rings. The third kappa shape index (κ3) is 3.37. The molecule has 3 amide bonds. The molecule has 34 heavy (non-hydrogen) atoms. The Hall–Kier alpha value is -2.73. The van der Waals surface area contributed by atoms with Crippen LogP contribution in [0.5, 0.6) is 0 Å². The Kier molecular flexibility index (Phi) is 5.25. The molecule has 1 N–H and O–H groups in total. The molecule has 2 aromatic carbocycles. The molecule has 5 nitrogen and oxygen atoms in total. The van der Waals surface area contributed by atoms with E-state index in [1.165, 1.54) is 4.90 Å². The summed E-state index contributed by atoms with van der Waals surface area (Å²) in [6.45, 7) is 2.03. The predicted octanol–water partition coefficient (Wildman–Crippen LogP) is 4.61. The number of amides is 3. The minimum Gasteiger partial charge on any atom is -0.324 e. The highest BCUT2D eigenvalue weighted by Crippen LogP contribution is 2.65. The Bertz CT molecular complexity index is 1170. The average molecular weight is 519 g/mol. The largest absolute Gasteiger partial charge is 0.324 e. The minimum atomic E-state index is -0.878. The summed E-state index contributed by atoms with van der Waals surface area (Å²) in [6, 6.07) is 14.5. The molecule has 2 saturated carbocycles. The maximum Gasteiger partial charge on any atom is 0.248 e. The van der Waals surface area contributed by atoms with Crippen molar-refractivity contribution in [3.63, 3.8) is 0 Å². The summed E-state index contributed by atoms with van der Waals surface area (Å²) in [7, 11) is 0. The molecule has 1 saturated heterocycles. The van der Waals surface area contributed by atoms with Gasteiger partial charge in [0.1, 0.15) is 6.04 Å². The third-order valence-corrected chi connectivity index (χ3v) is 8.78. The van der Waals surface area contributed by atoms with Crippen molar-refractivity contribution in [1.82, 2.24) is 4.90 Å². The molecular formula is C28H27BrN2O3. The van der Waals surface area contributed by atoms with E-state index in [1.54, 1.807) is 0 Å². The summed E-state index contributed by atoms with van der Waals surface area (Å²) in [5, 5.41) is 3.04. The first kappa shape index (κ1) is 21.8. The van der Waals surface area contributed by atoms with Crippen molar-refractivity contribution < 1.29 is 14.4 Å². The van der Waals surface area contributed by atoms with Crippen LogP contribution in [0.4, 0.5) is 5.69 Å². The molecule has 7 rings (SSSR count). The number of halogens is 1. The maximum atomic E-state index is 13.7. The van der Waals surface area contributed by atoms with E-state index in [-0.39, 0.29) is 41.4 Å². The van der Waals surface area contributed by atoms with Gasteiger partial charge in [0, 0.05) is 16.6 Å². The van der Waals surface area contributed by atoms with Crippen LogP contribution in [0.3, 0.4) is 0 Å². The van der Waals surface area contributed by atoms with E-state index < -0.39 is 6.04 Å². The normalized spacial score (nSPS) is 31.3. The smallest absolute Gasteiger partial charge is 0.248 e. The predicted molar refractivity (Wildman–Crippen MR) is 133 cm³/mol. The van der Waals surface area contributed by atoms with Crippen LogP contribution >= 0.6 is 15.9 Å². The number of carbonyl (C=O) groups is 3. The number of imide groups is 1. The van der Waals surface area contributed by atoms with Crippen LogP contribution in [0.2, 0.25) is 0 Å². The number of carbonyl (C=O) groups excluding carboxylic acids is 3. The standard InChI is InChI=1S/C28H27BrN2O3/c1-2-16-13-17(29)8-11-22(16)30-26(32)23(12-15-6-4-3-5-7-15)31-27(33)24-18-9-10-19(21-14-20(18)21)25(24)28(31)34/h3-11,13,18-21,23-25H,2,12,14H2,1H3,(H,30,32)/t18-,19-,20-,21-,23-,24+,25+/m1/s1. The van der Waals surface area contributed by atoms with Crippen molar-refractivity contribution in [2.24, 2.45) is 35.5 Å². The first-order valence-corrected chi connectivity index (χ1v) is 13.0. The number of allylic oxidation sites excluding steroid dienone is 2. The molecule has 2 bridgehead atoms. The highest BCUT2D eigenvalue weighted by molar-refractivity contribution is 9.10. The minimum absolute atomic E-state index is 0.139. The second kappa shape index (κ2) is 8.19. The molecule has 7 atom stereocenters. The van der Waals surface area contributed by atoms with Crippen LogP contribution in [0, 0.1) is 35.5 Å². The van der Waals surface area contributed by atoms with E-state index in [2.05, 4.69) is 33.4 Å². The summed E-state index contributed by atoms with van der Waals surface area (Å²) in [4.78, 5) is 42.5. The van der Waals surface area contributed by atoms with Gasteiger partial charge in [0.05, 0.1) is 11.8 Å². The Morgan fingerprint density at radius 3 is 2.29 bits per heavy atom. The van der Waals surface area contributed by atoms with Crippen molar-refractivity contribution >= 4 is 39.3 Å². The number of nitrogens with one attached hydrogen (secondary N) is 1. The number of likely N-dealkylation sites (tertiary alicyclic amines) is 1. The number of rotatable bonds is 6. The van der Waals surface area contributed by atoms with Gasteiger partial charge >= 0.3 is 0 Å². The number of benzene rings is 2. The fraction of sp³-hybridized carbons (Fsp3) is 0.393. The summed E-state index contributed by atoms with van der Waals surface area (Å²) in [5.41, 5.74) is 2.64. The molecule has 174 valence electrons. The van der Waals surface area contributed by atoms with Gasteiger partial charge in [0.15, 0.2) is 0 Å². The molecule has 0 spiro atoms. The van der Waals surface area contributed by atoms with E-state index in [0.29, 0.717) is 23.9 Å². The Morgan fingerprint density at radius 1 is 1.03 bits per heavy atom. The molecule has 1 heterocycles. The van der Waals surface area contributed by atoms with Gasteiger partial charge in [0.25, 0.3) is 0 Å². The van der Waals surface area contributed by atoms with Crippen molar-refractivity contribution in [3.8, 4) is 0 Å². The first-order chi connectivity index (χ1) is 16.5. The Morgan fingerprint density at radius 2 is 1.68 bits per heavy atom. The SMILES string of the molecule is CCc1cc(Br)ccc1NC(=O)[C@@H](Cc1ccccc1)N1C(=O)[C@H]2[C@@H]3C=C[C@H]([C@H]4C[C@H]34)[C@@H]2C1=O. The second-order valence-corrected chi connectivity index (χ2v) is 11.0. The quantitative estimate of drug-likeness (QED) is 0.448. The third-order valence-electron chi connectivity index (χ3n) is 8.29. The van der Waals surface area contributed by atoms with Gasteiger partial charge < -0.3 is 5.32 Å². The molecule has 5 aliphatic rings. The summed E-state index contributed by atoms with van der Waals surface area (Å²) in [5.74, 6) is 0.0808. The summed E-state index contributed by atoms with van der Waals surface area (Å²) in [6.07, 6.45) is 6.50. The van der Waals surface area contributed by atoms with Crippen LogP contribution < -0.4 is 5.32 Å². The molecule has 0 unspecified atom stereocenters. The van der Waals surface area contributed by atoms with Gasteiger partial charge in [-0.25, -0.2) is 0 Å². The lowest BCUT2D eigenvalue weighted by molar-refractivity contribution is -0.146. The molecular weight excluding hydrogens is 492 g/mol. The Balaban J connectivity index is 1.34. The highest BCUT2D eigenvalue weighted by atomic mass is 79.9. The number of hydrogen-bond donors (Lipinski definition) is 1. The number of anilines is 1. The van der Waals surface area contributed by atoms with Crippen LogP contribution in [-0.2, 0) is 27.2 Å². The zero-order valence-corrected chi connectivity index (χ0v) is 20.6. The van der Waals surface area contributed by atoms with Crippen LogP contribution in [-0.4, -0.2) is 28.7 Å². The van der Waals surface area contributed by atoms with Gasteiger partial charge in [-0.2, -0.15) is 0 Å². The van der Waals surface area contributed by atoms with Crippen molar-refractivity contribution in [2.45, 2.75) is 32.2 Å². The fourth-order valence-electron chi connectivity index (χ4n) is 6.62. The molecule has 2 aromatic rings. The lowest BCUT2D eigenvalue weighted by Gasteiger charge is -2.37. The summed E-state index contributed by atoms with van der Waals surface area (Å²) < 4.78 is 0.943. The van der Waals surface area contributed by atoms with Gasteiger partial charge in [-0.15, -0.1) is 0 Å². The first-order valence-electron chi connectivity index (χ1n) is 12.2. The van der Waals surface area contributed by atoms with E-state index in [4.69, 9.17) is 0 Å². The number of nitrogens with zero attached hydrogens (tertiary/aromatic N) is 1. The van der Waals surface area contributed by atoms with Crippen molar-refractivity contribution in [3.05, 3.63) is 76.3 Å². The lowest BCUT2D eigenvalue weighted by atomic mass is 9.63. The topological polar surface area (TPSA) is 66.5 Å². The molecule has 6 heteroatoms. The van der Waals surface area contributed by atoms with Crippen molar-refractivity contribution in [1.29, 1.82) is 0 Å². The molecule has 4 aliphatic carbocycles. The average Bonchev–Trinajstić information content (AvgIpc) is 3.63. The monoisotopic (exact) mass is 518 g/mol. The lowest BCUT2D eigenvalue weighted by Crippen LogP contribution is -2.49. The van der Waals surface area contributed by atoms with Gasteiger partial charge in [-0.3, -0.25) is 19.3 Å².